The molecule has 0 saturated carbocycles. The van der Waals surface area contributed by atoms with Crippen molar-refractivity contribution in [2.75, 3.05) is 12.3 Å². The zero-order chi connectivity index (χ0) is 15.6. The number of para-hydroxylation sites is 1. The van der Waals surface area contributed by atoms with E-state index in [2.05, 4.69) is 0 Å². The molecule has 0 spiro atoms. The second-order valence-electron chi connectivity index (χ2n) is 4.23. The summed E-state index contributed by atoms with van der Waals surface area (Å²) in [5.74, 6) is 0.0877. The van der Waals surface area contributed by atoms with Crippen molar-refractivity contribution in [3.63, 3.8) is 0 Å². The first kappa shape index (κ1) is 16.0. The Bertz CT molecular complexity index is 702. The lowest BCUT2D eigenvalue weighted by atomic mass is 10.0. The number of nitrogen functional groups attached to an aromatic ring is 1. The predicted octanol–water partition coefficient (Wildman–Crippen LogP) is 4.86. The molecule has 110 valence electrons. The van der Waals surface area contributed by atoms with Crippen molar-refractivity contribution >= 4 is 46.3 Å². The molecule has 0 bridgehead atoms. The summed E-state index contributed by atoms with van der Waals surface area (Å²) in [6.45, 7) is 2.28. The number of carbonyl (C=O) groups excluding carboxylic acids is 1. The lowest BCUT2D eigenvalue weighted by molar-refractivity contribution is 0.103. The summed E-state index contributed by atoms with van der Waals surface area (Å²) in [6.07, 6.45) is 0. The molecule has 0 unspecified atom stereocenters. The highest BCUT2D eigenvalue weighted by molar-refractivity contribution is 6.38. The topological polar surface area (TPSA) is 52.3 Å². The van der Waals surface area contributed by atoms with Crippen LogP contribution in [0.1, 0.15) is 22.8 Å². The number of anilines is 1. The van der Waals surface area contributed by atoms with E-state index in [9.17, 15) is 4.79 Å². The summed E-state index contributed by atoms with van der Waals surface area (Å²) in [4.78, 5) is 12.5. The van der Waals surface area contributed by atoms with E-state index in [1.54, 1.807) is 18.2 Å². The summed E-state index contributed by atoms with van der Waals surface area (Å²) in [7, 11) is 0. The van der Waals surface area contributed by atoms with Crippen LogP contribution in [0.25, 0.3) is 0 Å². The first-order valence-electron chi connectivity index (χ1n) is 6.16. The maximum atomic E-state index is 12.5. The second kappa shape index (κ2) is 6.56. The van der Waals surface area contributed by atoms with Gasteiger partial charge in [0.1, 0.15) is 5.75 Å². The number of carbonyl (C=O) groups is 1. The molecule has 0 heterocycles. The molecule has 0 aliphatic rings. The monoisotopic (exact) mass is 343 g/mol. The molecule has 0 aliphatic heterocycles. The van der Waals surface area contributed by atoms with Crippen molar-refractivity contribution in [3.05, 3.63) is 56.5 Å². The van der Waals surface area contributed by atoms with Crippen LogP contribution >= 0.6 is 34.8 Å². The van der Waals surface area contributed by atoms with E-state index in [4.69, 9.17) is 45.3 Å². The maximum Gasteiger partial charge on any atom is 0.196 e. The van der Waals surface area contributed by atoms with Gasteiger partial charge in [-0.2, -0.15) is 0 Å². The molecule has 2 rings (SSSR count). The Balaban J connectivity index is 2.49. The highest BCUT2D eigenvalue weighted by Crippen LogP contribution is 2.34. The quantitative estimate of drug-likeness (QED) is 0.636. The van der Waals surface area contributed by atoms with Gasteiger partial charge in [-0.05, 0) is 25.1 Å². The van der Waals surface area contributed by atoms with E-state index in [1.807, 2.05) is 6.92 Å². The minimum Gasteiger partial charge on any atom is -0.492 e. The molecule has 0 fully saturated rings. The molecule has 2 N–H and O–H groups in total. The highest BCUT2D eigenvalue weighted by Gasteiger charge is 2.19. The van der Waals surface area contributed by atoms with Gasteiger partial charge in [0.05, 0.1) is 27.4 Å². The summed E-state index contributed by atoms with van der Waals surface area (Å²) in [6, 6.07) is 7.83. The van der Waals surface area contributed by atoms with Gasteiger partial charge in [-0.25, -0.2) is 0 Å². The van der Waals surface area contributed by atoms with Gasteiger partial charge in [-0.15, -0.1) is 0 Å². The van der Waals surface area contributed by atoms with Crippen molar-refractivity contribution in [2.45, 2.75) is 6.92 Å². The van der Waals surface area contributed by atoms with E-state index in [0.717, 1.165) is 0 Å². The van der Waals surface area contributed by atoms with Crippen LogP contribution < -0.4 is 10.5 Å². The smallest absolute Gasteiger partial charge is 0.196 e. The number of hydrogen-bond donors (Lipinski definition) is 1. The number of ketones is 1. The zero-order valence-electron chi connectivity index (χ0n) is 11.1. The molecule has 2 aromatic carbocycles. The summed E-state index contributed by atoms with van der Waals surface area (Å²) in [5, 5.41) is 0.867. The number of hydrogen-bond acceptors (Lipinski definition) is 3. The first-order chi connectivity index (χ1) is 9.95. The third-order valence-electron chi connectivity index (χ3n) is 2.86. The zero-order valence-corrected chi connectivity index (χ0v) is 13.4. The Kier molecular flexibility index (Phi) is 4.99. The third-order valence-corrected chi connectivity index (χ3v) is 3.80. The highest BCUT2D eigenvalue weighted by atomic mass is 35.5. The summed E-state index contributed by atoms with van der Waals surface area (Å²) in [5.41, 5.74) is 6.58. The van der Waals surface area contributed by atoms with E-state index in [1.165, 1.54) is 12.1 Å². The second-order valence-corrected chi connectivity index (χ2v) is 5.45. The number of rotatable bonds is 4. The third kappa shape index (κ3) is 3.26. The van der Waals surface area contributed by atoms with Gasteiger partial charge in [-0.1, -0.05) is 40.9 Å². The van der Waals surface area contributed by atoms with Crippen LogP contribution in [-0.2, 0) is 0 Å². The molecule has 0 amide bonds. The average Bonchev–Trinajstić information content (AvgIpc) is 2.45. The van der Waals surface area contributed by atoms with Crippen LogP contribution in [0.3, 0.4) is 0 Å². The molecule has 0 aliphatic carbocycles. The van der Waals surface area contributed by atoms with Crippen LogP contribution in [0, 0.1) is 0 Å². The Morgan fingerprint density at radius 2 is 1.81 bits per heavy atom. The maximum absolute atomic E-state index is 12.5. The van der Waals surface area contributed by atoms with Crippen molar-refractivity contribution in [3.8, 4) is 5.75 Å². The Labute approximate surface area is 137 Å². The fourth-order valence-electron chi connectivity index (χ4n) is 1.85. The fraction of sp³-hybridized carbons (Fsp3) is 0.133. The lowest BCUT2D eigenvalue weighted by Crippen LogP contribution is -2.07. The van der Waals surface area contributed by atoms with Gasteiger partial charge >= 0.3 is 0 Å². The average molecular weight is 345 g/mol. The number of nitrogens with two attached hydrogens (primary N) is 1. The van der Waals surface area contributed by atoms with E-state index >= 15 is 0 Å². The Morgan fingerprint density at radius 3 is 2.48 bits per heavy atom. The molecule has 3 nitrogen and oxygen atoms in total. The molecule has 0 saturated heterocycles. The SMILES string of the molecule is CCOc1cc(Cl)c(C(=O)c2cccc(Cl)c2N)cc1Cl. The van der Waals surface area contributed by atoms with E-state index in [-0.39, 0.29) is 27.6 Å². The molecule has 0 radical (unpaired) electrons. The van der Waals surface area contributed by atoms with Crippen LogP contribution in [0.15, 0.2) is 30.3 Å². The molecule has 21 heavy (non-hydrogen) atoms. The molecule has 2 aromatic rings. The standard InChI is InChI=1S/C15H12Cl3NO2/c1-2-21-13-7-11(17)9(6-12(13)18)15(20)8-4-3-5-10(16)14(8)19/h3-7H,2,19H2,1H3. The van der Waals surface area contributed by atoms with Crippen LogP contribution in [-0.4, -0.2) is 12.4 Å². The number of ether oxygens (including phenoxy) is 1. The predicted molar refractivity (Wildman–Crippen MR) is 86.9 cm³/mol. The van der Waals surface area contributed by atoms with Crippen molar-refractivity contribution < 1.29 is 9.53 Å². The van der Waals surface area contributed by atoms with E-state index in [0.29, 0.717) is 22.4 Å². The minimum absolute atomic E-state index is 0.213. The van der Waals surface area contributed by atoms with Crippen LogP contribution in [0.5, 0.6) is 5.75 Å². The minimum atomic E-state index is -0.343. The molecular formula is C15H12Cl3NO2. The van der Waals surface area contributed by atoms with Gasteiger partial charge in [0.2, 0.25) is 0 Å². The van der Waals surface area contributed by atoms with Gasteiger partial charge in [-0.3, -0.25) is 4.79 Å². The molecular weight excluding hydrogens is 333 g/mol. The number of halogens is 3. The lowest BCUT2D eigenvalue weighted by Gasteiger charge is -2.11. The van der Waals surface area contributed by atoms with Crippen molar-refractivity contribution in [2.24, 2.45) is 0 Å². The van der Waals surface area contributed by atoms with E-state index < -0.39 is 0 Å². The number of benzene rings is 2. The van der Waals surface area contributed by atoms with Crippen LogP contribution in [0.2, 0.25) is 15.1 Å². The Hall–Kier alpha value is -1.42. The van der Waals surface area contributed by atoms with Crippen LogP contribution in [0.4, 0.5) is 5.69 Å². The normalized spacial score (nSPS) is 10.5. The summed E-state index contributed by atoms with van der Waals surface area (Å²) < 4.78 is 5.33. The van der Waals surface area contributed by atoms with Gasteiger partial charge in [0.25, 0.3) is 0 Å². The Morgan fingerprint density at radius 1 is 1.10 bits per heavy atom. The van der Waals surface area contributed by atoms with Gasteiger partial charge < -0.3 is 10.5 Å². The van der Waals surface area contributed by atoms with Crippen molar-refractivity contribution in [1.29, 1.82) is 0 Å². The van der Waals surface area contributed by atoms with Gasteiger partial charge in [0.15, 0.2) is 5.78 Å². The largest absolute Gasteiger partial charge is 0.492 e. The molecule has 0 aromatic heterocycles. The fourth-order valence-corrected chi connectivity index (χ4v) is 2.48. The van der Waals surface area contributed by atoms with Gasteiger partial charge in [0, 0.05) is 17.2 Å². The van der Waals surface area contributed by atoms with Crippen molar-refractivity contribution in [1.82, 2.24) is 0 Å². The summed E-state index contributed by atoms with van der Waals surface area (Å²) >= 11 is 18.2. The molecule has 6 heteroatoms. The first-order valence-corrected chi connectivity index (χ1v) is 7.29. The molecule has 0 atom stereocenters.